The van der Waals surface area contributed by atoms with Gasteiger partial charge in [-0.15, -0.1) is 0 Å². The van der Waals surface area contributed by atoms with Crippen molar-refractivity contribution in [3.8, 4) is 6.07 Å². The molecule has 0 atom stereocenters. The Morgan fingerprint density at radius 3 is 2.44 bits per heavy atom. The highest BCUT2D eigenvalue weighted by Crippen LogP contribution is 1.95. The Hall–Kier alpha value is -0.630. The number of rotatable bonds is 10. The molecule has 0 saturated heterocycles. The monoisotopic (exact) mass is 228 g/mol. The van der Waals surface area contributed by atoms with E-state index >= 15 is 0 Å². The van der Waals surface area contributed by atoms with Gasteiger partial charge in [0.15, 0.2) is 0 Å². The molecule has 0 aromatic rings. The average Bonchev–Trinajstić information content (AvgIpc) is 2.26. The van der Waals surface area contributed by atoms with Gasteiger partial charge >= 0.3 is 0 Å². The molecule has 0 bridgehead atoms. The summed E-state index contributed by atoms with van der Waals surface area (Å²) in [5.74, 6) is 0.575. The molecule has 0 aromatic heterocycles. The van der Waals surface area contributed by atoms with E-state index in [0.29, 0.717) is 18.9 Å². The van der Waals surface area contributed by atoms with E-state index in [9.17, 15) is 0 Å². The minimum absolute atomic E-state index is 0.563. The summed E-state index contributed by atoms with van der Waals surface area (Å²) in [6, 6.07) is 2.16. The molecular weight excluding hydrogens is 204 g/mol. The third kappa shape index (κ3) is 9.91. The summed E-state index contributed by atoms with van der Waals surface area (Å²) in [5.41, 5.74) is 0. The van der Waals surface area contributed by atoms with Crippen LogP contribution in [0.3, 0.4) is 0 Å². The third-order valence-corrected chi connectivity index (χ3v) is 2.15. The van der Waals surface area contributed by atoms with Gasteiger partial charge in [-0.25, -0.2) is 0 Å². The van der Waals surface area contributed by atoms with Crippen LogP contribution in [0.5, 0.6) is 0 Å². The lowest BCUT2D eigenvalue weighted by Gasteiger charge is -2.20. The molecule has 0 fully saturated rings. The summed E-state index contributed by atoms with van der Waals surface area (Å²) in [5, 5.41) is 8.55. The molecule has 0 spiro atoms. The van der Waals surface area contributed by atoms with Crippen molar-refractivity contribution in [2.45, 2.75) is 20.3 Å². The van der Waals surface area contributed by atoms with Crippen molar-refractivity contribution in [2.75, 3.05) is 46.6 Å². The fourth-order valence-electron chi connectivity index (χ4n) is 1.28. The fraction of sp³-hybridized carbons (Fsp3) is 0.917. The predicted molar refractivity (Wildman–Crippen MR) is 64.2 cm³/mol. The van der Waals surface area contributed by atoms with Gasteiger partial charge in [-0.2, -0.15) is 5.26 Å². The molecule has 0 heterocycles. The van der Waals surface area contributed by atoms with Gasteiger partial charge < -0.3 is 9.47 Å². The molecule has 0 rings (SSSR count). The number of hydrogen-bond acceptors (Lipinski definition) is 4. The second kappa shape index (κ2) is 10.9. The van der Waals surface area contributed by atoms with Crippen LogP contribution in [0.25, 0.3) is 0 Å². The topological polar surface area (TPSA) is 45.5 Å². The second-order valence-corrected chi connectivity index (χ2v) is 4.21. The van der Waals surface area contributed by atoms with E-state index < -0.39 is 0 Å². The van der Waals surface area contributed by atoms with Crippen LogP contribution in [0.15, 0.2) is 0 Å². The summed E-state index contributed by atoms with van der Waals surface area (Å²) in [6.45, 7) is 9.04. The minimum Gasteiger partial charge on any atom is -0.383 e. The highest BCUT2D eigenvalue weighted by atomic mass is 16.5. The fourth-order valence-corrected chi connectivity index (χ4v) is 1.28. The number of nitrogens with zero attached hydrogens (tertiary/aromatic N) is 2. The molecular formula is C12H24N2O2. The van der Waals surface area contributed by atoms with Crippen LogP contribution in [0.1, 0.15) is 20.3 Å². The molecule has 0 radical (unpaired) electrons. The van der Waals surface area contributed by atoms with Gasteiger partial charge in [0.05, 0.1) is 19.3 Å². The summed E-state index contributed by atoms with van der Waals surface area (Å²) in [4.78, 5) is 2.20. The second-order valence-electron chi connectivity index (χ2n) is 4.21. The van der Waals surface area contributed by atoms with Gasteiger partial charge in [0, 0.05) is 39.8 Å². The maximum atomic E-state index is 8.55. The molecule has 4 heteroatoms. The van der Waals surface area contributed by atoms with Crippen LogP contribution in [0, 0.1) is 17.2 Å². The zero-order valence-electron chi connectivity index (χ0n) is 10.7. The summed E-state index contributed by atoms with van der Waals surface area (Å²) < 4.78 is 10.6. The summed E-state index contributed by atoms with van der Waals surface area (Å²) in [7, 11) is 1.69. The molecule has 4 nitrogen and oxygen atoms in total. The van der Waals surface area contributed by atoms with E-state index in [1.807, 2.05) is 0 Å². The molecule has 0 aromatic carbocycles. The standard InChI is InChI=1S/C12H24N2O2/c1-12(2)11-16-10-8-14(6-4-5-13)7-9-15-3/h12H,4,6-11H2,1-3H3. The first-order valence-corrected chi connectivity index (χ1v) is 5.86. The molecule has 0 aliphatic heterocycles. The van der Waals surface area contributed by atoms with Gasteiger partial charge in [0.2, 0.25) is 0 Å². The smallest absolute Gasteiger partial charge is 0.0635 e. The van der Waals surface area contributed by atoms with E-state index in [-0.39, 0.29) is 0 Å². The Morgan fingerprint density at radius 2 is 1.88 bits per heavy atom. The molecule has 0 unspecified atom stereocenters. The lowest BCUT2D eigenvalue weighted by molar-refractivity contribution is 0.0755. The van der Waals surface area contributed by atoms with E-state index in [1.165, 1.54) is 0 Å². The van der Waals surface area contributed by atoms with E-state index in [0.717, 1.165) is 32.8 Å². The maximum Gasteiger partial charge on any atom is 0.0635 e. The van der Waals surface area contributed by atoms with E-state index in [2.05, 4.69) is 24.8 Å². The molecule has 0 amide bonds. The van der Waals surface area contributed by atoms with Crippen LogP contribution >= 0.6 is 0 Å². The van der Waals surface area contributed by atoms with E-state index in [4.69, 9.17) is 14.7 Å². The Morgan fingerprint density at radius 1 is 1.19 bits per heavy atom. The van der Waals surface area contributed by atoms with Crippen molar-refractivity contribution < 1.29 is 9.47 Å². The minimum atomic E-state index is 0.563. The highest BCUT2D eigenvalue weighted by molar-refractivity contribution is 4.72. The Labute approximate surface area is 99.1 Å². The largest absolute Gasteiger partial charge is 0.383 e. The first-order chi connectivity index (χ1) is 7.70. The Kier molecular flexibility index (Phi) is 10.4. The normalized spacial score (nSPS) is 11.0. The molecule has 94 valence electrons. The summed E-state index contributed by atoms with van der Waals surface area (Å²) in [6.07, 6.45) is 0.563. The first kappa shape index (κ1) is 15.4. The van der Waals surface area contributed by atoms with Crippen molar-refractivity contribution in [2.24, 2.45) is 5.92 Å². The van der Waals surface area contributed by atoms with E-state index in [1.54, 1.807) is 7.11 Å². The third-order valence-electron chi connectivity index (χ3n) is 2.15. The average molecular weight is 228 g/mol. The predicted octanol–water partition coefficient (Wildman–Crippen LogP) is 1.52. The van der Waals surface area contributed by atoms with Crippen LogP contribution in [0.4, 0.5) is 0 Å². The van der Waals surface area contributed by atoms with Crippen LogP contribution in [-0.4, -0.2) is 51.5 Å². The van der Waals surface area contributed by atoms with Gasteiger partial charge in [-0.05, 0) is 5.92 Å². The molecule has 0 N–H and O–H groups in total. The number of ether oxygens (including phenoxy) is 2. The van der Waals surface area contributed by atoms with Gasteiger partial charge in [0.1, 0.15) is 0 Å². The number of methoxy groups -OCH3 is 1. The highest BCUT2D eigenvalue weighted by Gasteiger charge is 2.04. The van der Waals surface area contributed by atoms with Crippen LogP contribution in [0.2, 0.25) is 0 Å². The van der Waals surface area contributed by atoms with Gasteiger partial charge in [-0.1, -0.05) is 13.8 Å². The van der Waals surface area contributed by atoms with Crippen molar-refractivity contribution in [1.82, 2.24) is 4.90 Å². The Balaban J connectivity index is 3.60. The Bertz CT molecular complexity index is 190. The van der Waals surface area contributed by atoms with Gasteiger partial charge in [-0.3, -0.25) is 4.90 Å². The molecule has 0 aliphatic carbocycles. The van der Waals surface area contributed by atoms with Crippen LogP contribution < -0.4 is 0 Å². The quantitative estimate of drug-likeness (QED) is 0.532. The SMILES string of the molecule is COCCN(CCC#N)CCOCC(C)C. The van der Waals surface area contributed by atoms with Crippen molar-refractivity contribution in [1.29, 1.82) is 5.26 Å². The summed E-state index contributed by atoms with van der Waals surface area (Å²) >= 11 is 0. The lowest BCUT2D eigenvalue weighted by atomic mass is 10.2. The number of nitriles is 1. The molecule has 0 saturated carbocycles. The molecule has 16 heavy (non-hydrogen) atoms. The van der Waals surface area contributed by atoms with Crippen molar-refractivity contribution in [3.63, 3.8) is 0 Å². The van der Waals surface area contributed by atoms with Gasteiger partial charge in [0.25, 0.3) is 0 Å². The zero-order chi connectivity index (χ0) is 12.2. The van der Waals surface area contributed by atoms with Crippen molar-refractivity contribution in [3.05, 3.63) is 0 Å². The zero-order valence-corrected chi connectivity index (χ0v) is 10.7. The molecule has 0 aliphatic rings. The van der Waals surface area contributed by atoms with Crippen LogP contribution in [-0.2, 0) is 9.47 Å². The van der Waals surface area contributed by atoms with Crippen molar-refractivity contribution >= 4 is 0 Å². The maximum absolute atomic E-state index is 8.55. The lowest BCUT2D eigenvalue weighted by Crippen LogP contribution is -2.32. The number of hydrogen-bond donors (Lipinski definition) is 0. The first-order valence-electron chi connectivity index (χ1n) is 5.86.